The zero-order valence-corrected chi connectivity index (χ0v) is 20.6. The summed E-state index contributed by atoms with van der Waals surface area (Å²) < 4.78 is 5.64. The molecule has 0 spiro atoms. The molecule has 3 nitrogen and oxygen atoms in total. The van der Waals surface area contributed by atoms with Crippen molar-refractivity contribution in [2.24, 2.45) is 11.8 Å². The van der Waals surface area contributed by atoms with Gasteiger partial charge in [0.1, 0.15) is 11.8 Å². The Balaban J connectivity index is 1.49. The van der Waals surface area contributed by atoms with E-state index in [2.05, 4.69) is 44.2 Å². The zero-order chi connectivity index (χ0) is 23.6. The molecule has 3 rings (SSSR count). The number of aryl methyl sites for hydroxylation is 1. The summed E-state index contributed by atoms with van der Waals surface area (Å²) in [6.45, 7) is 6.67. The first-order valence-electron chi connectivity index (χ1n) is 12.9. The number of carbonyl (C=O) groups excluding carboxylic acids is 1. The fourth-order valence-electron chi connectivity index (χ4n) is 5.00. The number of unbranched alkanes of at least 4 members (excludes halogenated alkanes) is 2. The Morgan fingerprint density at radius 1 is 1.03 bits per heavy atom. The molecule has 0 heterocycles. The van der Waals surface area contributed by atoms with Gasteiger partial charge in [0, 0.05) is 0 Å². The van der Waals surface area contributed by atoms with E-state index < -0.39 is 0 Å². The third-order valence-corrected chi connectivity index (χ3v) is 7.18. The summed E-state index contributed by atoms with van der Waals surface area (Å²) >= 11 is 0. The molecule has 33 heavy (non-hydrogen) atoms. The van der Waals surface area contributed by atoms with Gasteiger partial charge in [0.15, 0.2) is 0 Å². The van der Waals surface area contributed by atoms with Crippen LogP contribution < -0.4 is 4.74 Å². The van der Waals surface area contributed by atoms with Crippen LogP contribution in [0.2, 0.25) is 0 Å². The monoisotopic (exact) mass is 445 g/mol. The number of nitriles is 1. The average molecular weight is 446 g/mol. The van der Waals surface area contributed by atoms with E-state index in [0.29, 0.717) is 17.2 Å². The van der Waals surface area contributed by atoms with Crippen LogP contribution in [0.1, 0.15) is 100 Å². The number of esters is 1. The molecular formula is C30H39NO2. The van der Waals surface area contributed by atoms with E-state index in [9.17, 15) is 10.1 Å². The normalized spacial score (nSPS) is 19.0. The average Bonchev–Trinajstić information content (AvgIpc) is 2.85. The van der Waals surface area contributed by atoms with E-state index in [1.54, 1.807) is 6.07 Å². The molecule has 1 unspecified atom stereocenters. The van der Waals surface area contributed by atoms with Crippen molar-refractivity contribution in [2.45, 2.75) is 90.9 Å². The standard InChI is InChI=1S/C30H39NO2/c1-4-6-7-8-22(3)19-24-9-12-25(13-10-24)26-14-16-27(17-15-26)30(32)33-29-18-11-23(5-2)20-28(29)21-31/h9-13,18,20,22,26-27H,4-8,14-17,19H2,1-3H3. The topological polar surface area (TPSA) is 50.1 Å². The molecule has 1 atom stereocenters. The molecule has 2 aromatic carbocycles. The molecule has 1 fully saturated rings. The summed E-state index contributed by atoms with van der Waals surface area (Å²) in [5.74, 6) is 1.37. The molecule has 1 aliphatic carbocycles. The van der Waals surface area contributed by atoms with E-state index in [0.717, 1.165) is 50.0 Å². The van der Waals surface area contributed by atoms with Crippen LogP contribution in [0.4, 0.5) is 0 Å². The highest BCUT2D eigenvalue weighted by Gasteiger charge is 2.29. The maximum Gasteiger partial charge on any atom is 0.314 e. The van der Waals surface area contributed by atoms with Gasteiger partial charge in [-0.2, -0.15) is 5.26 Å². The lowest BCUT2D eigenvalue weighted by atomic mass is 9.78. The van der Waals surface area contributed by atoms with Gasteiger partial charge in [-0.1, -0.05) is 76.8 Å². The van der Waals surface area contributed by atoms with Crippen molar-refractivity contribution in [3.05, 3.63) is 64.7 Å². The molecule has 3 heteroatoms. The minimum absolute atomic E-state index is 0.0816. The lowest BCUT2D eigenvalue weighted by Crippen LogP contribution is -2.25. The summed E-state index contributed by atoms with van der Waals surface area (Å²) in [5, 5.41) is 9.40. The Hall–Kier alpha value is -2.60. The van der Waals surface area contributed by atoms with E-state index >= 15 is 0 Å². The van der Waals surface area contributed by atoms with Crippen LogP contribution in [0.5, 0.6) is 5.75 Å². The van der Waals surface area contributed by atoms with Crippen molar-refractivity contribution in [3.63, 3.8) is 0 Å². The number of benzene rings is 2. The van der Waals surface area contributed by atoms with Gasteiger partial charge in [-0.05, 0) is 79.2 Å². The molecule has 0 radical (unpaired) electrons. The summed E-state index contributed by atoms with van der Waals surface area (Å²) in [6.07, 6.45) is 11.0. The summed E-state index contributed by atoms with van der Waals surface area (Å²) in [4.78, 5) is 12.7. The number of rotatable bonds is 10. The van der Waals surface area contributed by atoms with Crippen LogP contribution in [0.3, 0.4) is 0 Å². The maximum atomic E-state index is 12.7. The number of carbonyl (C=O) groups is 1. The van der Waals surface area contributed by atoms with Gasteiger partial charge in [-0.15, -0.1) is 0 Å². The molecule has 2 aromatic rings. The van der Waals surface area contributed by atoms with Crippen molar-refractivity contribution in [1.82, 2.24) is 0 Å². The maximum absolute atomic E-state index is 12.7. The first-order chi connectivity index (χ1) is 16.0. The predicted octanol–water partition coefficient (Wildman–Crippen LogP) is 7.76. The molecule has 1 saturated carbocycles. The Morgan fingerprint density at radius 3 is 2.36 bits per heavy atom. The Kier molecular flexibility index (Phi) is 9.55. The Labute approximate surface area is 200 Å². The Bertz CT molecular complexity index is 933. The lowest BCUT2D eigenvalue weighted by molar-refractivity contribution is -0.140. The molecule has 0 aromatic heterocycles. The summed E-state index contributed by atoms with van der Waals surface area (Å²) in [5.41, 5.74) is 4.34. The second-order valence-corrected chi connectivity index (χ2v) is 9.81. The molecule has 176 valence electrons. The third-order valence-electron chi connectivity index (χ3n) is 7.18. The van der Waals surface area contributed by atoms with Crippen LogP contribution in [0.25, 0.3) is 0 Å². The van der Waals surface area contributed by atoms with Crippen LogP contribution in [-0.2, 0) is 17.6 Å². The van der Waals surface area contributed by atoms with Gasteiger partial charge in [-0.3, -0.25) is 4.79 Å². The summed E-state index contributed by atoms with van der Waals surface area (Å²) in [7, 11) is 0. The van der Waals surface area contributed by atoms with E-state index in [1.807, 2.05) is 19.1 Å². The number of ether oxygens (including phenoxy) is 1. The van der Waals surface area contributed by atoms with Crippen LogP contribution in [-0.4, -0.2) is 5.97 Å². The van der Waals surface area contributed by atoms with Crippen LogP contribution in [0.15, 0.2) is 42.5 Å². The van der Waals surface area contributed by atoms with Gasteiger partial charge in [0.2, 0.25) is 0 Å². The minimum atomic E-state index is -0.193. The van der Waals surface area contributed by atoms with Gasteiger partial charge >= 0.3 is 5.97 Å². The third kappa shape index (κ3) is 7.19. The van der Waals surface area contributed by atoms with Crippen molar-refractivity contribution in [2.75, 3.05) is 0 Å². The van der Waals surface area contributed by atoms with Crippen LogP contribution in [0, 0.1) is 23.2 Å². The highest BCUT2D eigenvalue weighted by atomic mass is 16.5. The second-order valence-electron chi connectivity index (χ2n) is 9.81. The van der Waals surface area contributed by atoms with Gasteiger partial charge < -0.3 is 4.74 Å². The van der Waals surface area contributed by atoms with Gasteiger partial charge in [0.05, 0.1) is 11.5 Å². The molecule has 0 aliphatic heterocycles. The van der Waals surface area contributed by atoms with E-state index in [1.165, 1.54) is 36.8 Å². The number of nitrogens with zero attached hydrogens (tertiary/aromatic N) is 1. The molecule has 1 aliphatic rings. The largest absolute Gasteiger partial charge is 0.425 e. The Morgan fingerprint density at radius 2 is 1.73 bits per heavy atom. The molecular weight excluding hydrogens is 406 g/mol. The molecule has 0 N–H and O–H groups in total. The molecule has 0 amide bonds. The van der Waals surface area contributed by atoms with Crippen molar-refractivity contribution < 1.29 is 9.53 Å². The quantitative estimate of drug-likeness (QED) is 0.213. The zero-order valence-electron chi connectivity index (χ0n) is 20.6. The van der Waals surface area contributed by atoms with Gasteiger partial charge in [-0.25, -0.2) is 0 Å². The second kappa shape index (κ2) is 12.6. The first-order valence-corrected chi connectivity index (χ1v) is 12.9. The first kappa shape index (κ1) is 25.0. The van der Waals surface area contributed by atoms with Crippen LogP contribution >= 0.6 is 0 Å². The molecule has 0 saturated heterocycles. The highest BCUT2D eigenvalue weighted by Crippen LogP contribution is 2.37. The highest BCUT2D eigenvalue weighted by molar-refractivity contribution is 5.76. The molecule has 0 bridgehead atoms. The van der Waals surface area contributed by atoms with E-state index in [-0.39, 0.29) is 11.9 Å². The lowest BCUT2D eigenvalue weighted by Gasteiger charge is -2.27. The number of hydrogen-bond acceptors (Lipinski definition) is 3. The number of hydrogen-bond donors (Lipinski definition) is 0. The summed E-state index contributed by atoms with van der Waals surface area (Å²) in [6, 6.07) is 16.9. The predicted molar refractivity (Wildman–Crippen MR) is 134 cm³/mol. The fraction of sp³-hybridized carbons (Fsp3) is 0.533. The fourth-order valence-corrected chi connectivity index (χ4v) is 5.00. The van der Waals surface area contributed by atoms with Crippen molar-refractivity contribution >= 4 is 5.97 Å². The van der Waals surface area contributed by atoms with Crippen molar-refractivity contribution in [3.8, 4) is 11.8 Å². The SMILES string of the molecule is CCCCCC(C)Cc1ccc(C2CCC(C(=O)Oc3ccc(CC)cc3C#N)CC2)cc1. The van der Waals surface area contributed by atoms with Crippen molar-refractivity contribution in [1.29, 1.82) is 5.26 Å². The minimum Gasteiger partial charge on any atom is -0.425 e. The smallest absolute Gasteiger partial charge is 0.314 e. The van der Waals surface area contributed by atoms with Gasteiger partial charge in [0.25, 0.3) is 0 Å². The van der Waals surface area contributed by atoms with E-state index in [4.69, 9.17) is 4.74 Å².